The first-order valence-corrected chi connectivity index (χ1v) is 11.4. The molecule has 2 fully saturated rings. The van der Waals surface area contributed by atoms with Gasteiger partial charge in [0.05, 0.1) is 24.5 Å². The van der Waals surface area contributed by atoms with Gasteiger partial charge in [-0.25, -0.2) is 8.91 Å². The monoisotopic (exact) mass is 495 g/mol. The molecule has 188 valence electrons. The number of rotatable bonds is 7. The molecule has 0 unspecified atom stereocenters. The number of carbonyl (C=O) groups excluding carboxylic acids is 1. The molecule has 2 aliphatic rings. The quantitative estimate of drug-likeness (QED) is 0.486. The van der Waals surface area contributed by atoms with E-state index in [9.17, 15) is 22.4 Å². The van der Waals surface area contributed by atoms with Crippen LogP contribution in [-0.2, 0) is 17.8 Å². The number of halogens is 4. The molecule has 9 nitrogen and oxygen atoms in total. The summed E-state index contributed by atoms with van der Waals surface area (Å²) in [4.78, 5) is 17.9. The van der Waals surface area contributed by atoms with Crippen LogP contribution in [0.1, 0.15) is 30.7 Å². The number of fused-ring (bicyclic) bond motifs is 1. The number of carbonyl (C=O) groups is 1. The minimum Gasteiger partial charge on any atom is -0.364 e. The number of aromatic nitrogens is 4. The Kier molecular flexibility index (Phi) is 6.11. The van der Waals surface area contributed by atoms with Gasteiger partial charge in [0.2, 0.25) is 17.6 Å². The van der Waals surface area contributed by atoms with Crippen LogP contribution in [0.3, 0.4) is 0 Å². The fourth-order valence-electron chi connectivity index (χ4n) is 4.27. The Labute approximate surface area is 197 Å². The number of piperidine rings is 1. The maximum absolute atomic E-state index is 14.6. The fourth-order valence-corrected chi connectivity index (χ4v) is 4.27. The van der Waals surface area contributed by atoms with Crippen LogP contribution < -0.4 is 10.6 Å². The van der Waals surface area contributed by atoms with Gasteiger partial charge in [0, 0.05) is 24.6 Å². The molecule has 0 bridgehead atoms. The third-order valence-electron chi connectivity index (χ3n) is 6.26. The molecule has 3 aromatic heterocycles. The van der Waals surface area contributed by atoms with Gasteiger partial charge in [-0.15, -0.1) is 0 Å². The minimum atomic E-state index is -4.51. The van der Waals surface area contributed by atoms with Crippen LogP contribution in [-0.4, -0.2) is 69.1 Å². The molecule has 1 amide bonds. The SMILES string of the molecule is CN1CC[C@@H](Nc2cccc3c(CC(F)(F)F)c(-c4noc(CNC(=O)C5CC5)n4)nn23)[C@@H](F)C1. The van der Waals surface area contributed by atoms with E-state index >= 15 is 0 Å². The predicted molar refractivity (Wildman–Crippen MR) is 117 cm³/mol. The van der Waals surface area contributed by atoms with Gasteiger partial charge in [-0.2, -0.15) is 23.3 Å². The van der Waals surface area contributed by atoms with Crippen LogP contribution >= 0.6 is 0 Å². The van der Waals surface area contributed by atoms with Gasteiger partial charge >= 0.3 is 6.18 Å². The summed E-state index contributed by atoms with van der Waals surface area (Å²) in [6.07, 6.45) is -4.69. The number of nitrogens with zero attached hydrogens (tertiary/aromatic N) is 5. The van der Waals surface area contributed by atoms with Gasteiger partial charge in [-0.05, 0) is 38.4 Å². The zero-order chi connectivity index (χ0) is 24.7. The Morgan fingerprint density at radius 1 is 1.26 bits per heavy atom. The van der Waals surface area contributed by atoms with E-state index in [2.05, 4.69) is 25.9 Å². The van der Waals surface area contributed by atoms with E-state index in [0.717, 1.165) is 12.8 Å². The van der Waals surface area contributed by atoms with Crippen molar-refractivity contribution in [3.05, 3.63) is 29.7 Å². The van der Waals surface area contributed by atoms with E-state index in [4.69, 9.17) is 4.52 Å². The van der Waals surface area contributed by atoms with E-state index < -0.39 is 24.8 Å². The second-order valence-corrected chi connectivity index (χ2v) is 9.15. The maximum atomic E-state index is 14.6. The van der Waals surface area contributed by atoms with Gasteiger partial charge in [0.25, 0.3) is 0 Å². The van der Waals surface area contributed by atoms with Gasteiger partial charge in [-0.3, -0.25) is 4.79 Å². The Bertz CT molecular complexity index is 1220. The van der Waals surface area contributed by atoms with Crippen molar-refractivity contribution in [3.63, 3.8) is 0 Å². The summed E-state index contributed by atoms with van der Waals surface area (Å²) in [5, 5.41) is 14.0. The molecule has 2 atom stereocenters. The summed E-state index contributed by atoms with van der Waals surface area (Å²) in [6, 6.07) is 4.25. The predicted octanol–water partition coefficient (Wildman–Crippen LogP) is 2.97. The highest BCUT2D eigenvalue weighted by atomic mass is 19.4. The molecular formula is C22H25F4N7O2. The number of alkyl halides is 4. The fraction of sp³-hybridized carbons (Fsp3) is 0.545. The highest BCUT2D eigenvalue weighted by Crippen LogP contribution is 2.33. The summed E-state index contributed by atoms with van der Waals surface area (Å²) < 4.78 is 61.5. The van der Waals surface area contributed by atoms with Crippen molar-refractivity contribution in [1.29, 1.82) is 0 Å². The molecule has 1 aliphatic carbocycles. The van der Waals surface area contributed by atoms with Crippen LogP contribution in [0, 0.1) is 5.92 Å². The summed E-state index contributed by atoms with van der Waals surface area (Å²) in [5.41, 5.74) is 0.00927. The molecule has 3 aromatic rings. The number of amides is 1. The normalized spacial score (nSPS) is 21.4. The summed E-state index contributed by atoms with van der Waals surface area (Å²) in [6.45, 7) is 0.937. The van der Waals surface area contributed by atoms with Gasteiger partial charge in [0.15, 0.2) is 0 Å². The van der Waals surface area contributed by atoms with E-state index in [1.54, 1.807) is 12.1 Å². The molecule has 5 rings (SSSR count). The van der Waals surface area contributed by atoms with E-state index in [0.29, 0.717) is 18.8 Å². The van der Waals surface area contributed by atoms with Crippen LogP contribution in [0.2, 0.25) is 0 Å². The number of likely N-dealkylation sites (tertiary alicyclic amines) is 1. The zero-order valence-electron chi connectivity index (χ0n) is 19.0. The lowest BCUT2D eigenvalue weighted by Crippen LogP contribution is -2.46. The lowest BCUT2D eigenvalue weighted by atomic mass is 10.0. The largest absolute Gasteiger partial charge is 0.393 e. The molecule has 13 heteroatoms. The van der Waals surface area contributed by atoms with Crippen molar-refractivity contribution in [1.82, 2.24) is 30.0 Å². The van der Waals surface area contributed by atoms with E-state index in [1.807, 2.05) is 11.9 Å². The molecule has 0 spiro atoms. The highest BCUT2D eigenvalue weighted by molar-refractivity contribution is 5.80. The molecule has 4 heterocycles. The summed E-state index contributed by atoms with van der Waals surface area (Å²) >= 11 is 0. The molecule has 1 saturated heterocycles. The third-order valence-corrected chi connectivity index (χ3v) is 6.26. The third kappa shape index (κ3) is 5.24. The van der Waals surface area contributed by atoms with E-state index in [-0.39, 0.29) is 53.4 Å². The Morgan fingerprint density at radius 2 is 2.06 bits per heavy atom. The van der Waals surface area contributed by atoms with Crippen molar-refractivity contribution in [3.8, 4) is 11.5 Å². The second-order valence-electron chi connectivity index (χ2n) is 9.15. The van der Waals surface area contributed by atoms with Crippen LogP contribution in [0.4, 0.5) is 23.4 Å². The number of anilines is 1. The molecule has 2 N–H and O–H groups in total. The summed E-state index contributed by atoms with van der Waals surface area (Å²) in [7, 11) is 1.84. The van der Waals surface area contributed by atoms with Crippen molar-refractivity contribution in [2.75, 3.05) is 25.5 Å². The second kappa shape index (κ2) is 9.10. The zero-order valence-corrected chi connectivity index (χ0v) is 19.0. The minimum absolute atomic E-state index is 0.00590. The molecule has 1 saturated carbocycles. The first-order chi connectivity index (χ1) is 16.7. The molecule has 0 aromatic carbocycles. The maximum Gasteiger partial charge on any atom is 0.393 e. The first kappa shape index (κ1) is 23.5. The smallest absolute Gasteiger partial charge is 0.364 e. The molecular weight excluding hydrogens is 470 g/mol. The van der Waals surface area contributed by atoms with Crippen molar-refractivity contribution < 1.29 is 26.9 Å². The van der Waals surface area contributed by atoms with Crippen LogP contribution in [0.15, 0.2) is 22.7 Å². The topological polar surface area (TPSA) is 101 Å². The van der Waals surface area contributed by atoms with Crippen molar-refractivity contribution in [2.45, 2.75) is 50.6 Å². The van der Waals surface area contributed by atoms with Gasteiger partial charge in [0.1, 0.15) is 17.7 Å². The summed E-state index contributed by atoms with van der Waals surface area (Å²) in [5.74, 6) is 0.195. The average molecular weight is 495 g/mol. The van der Waals surface area contributed by atoms with Crippen molar-refractivity contribution >= 4 is 17.2 Å². The lowest BCUT2D eigenvalue weighted by Gasteiger charge is -2.33. The highest BCUT2D eigenvalue weighted by Gasteiger charge is 2.34. The Morgan fingerprint density at radius 3 is 2.77 bits per heavy atom. The average Bonchev–Trinajstić information content (AvgIpc) is 3.44. The molecule has 35 heavy (non-hydrogen) atoms. The standard InChI is InChI=1S/C22H25F4N7O2/c1-32-8-7-15(14(23)11-32)28-17-4-2-3-16-13(9-22(24,25)26)19(30-33(16)17)20-29-18(35-31-20)10-27-21(34)12-5-6-12/h2-4,12,14-15,28H,5-11H2,1H3,(H,27,34)/t14-,15+/m0/s1. The number of pyridine rings is 1. The number of hydrogen-bond donors (Lipinski definition) is 2. The first-order valence-electron chi connectivity index (χ1n) is 11.4. The number of hydrogen-bond acceptors (Lipinski definition) is 7. The lowest BCUT2D eigenvalue weighted by molar-refractivity contribution is -0.127. The Balaban J connectivity index is 1.46. The Hall–Kier alpha value is -3.22. The van der Waals surface area contributed by atoms with Crippen LogP contribution in [0.25, 0.3) is 17.0 Å². The molecule has 1 aliphatic heterocycles. The van der Waals surface area contributed by atoms with Crippen LogP contribution in [0.5, 0.6) is 0 Å². The van der Waals surface area contributed by atoms with Gasteiger partial charge in [-0.1, -0.05) is 11.2 Å². The van der Waals surface area contributed by atoms with E-state index in [1.165, 1.54) is 10.6 Å². The van der Waals surface area contributed by atoms with Crippen molar-refractivity contribution in [2.24, 2.45) is 5.92 Å². The van der Waals surface area contributed by atoms with Gasteiger partial charge < -0.3 is 20.1 Å². The number of nitrogens with one attached hydrogen (secondary N) is 2. The molecule has 0 radical (unpaired) electrons.